The number of benzene rings is 1. The molecule has 0 aliphatic heterocycles. The summed E-state index contributed by atoms with van der Waals surface area (Å²) in [5.41, 5.74) is 12.8. The van der Waals surface area contributed by atoms with Crippen molar-refractivity contribution in [3.05, 3.63) is 66.0 Å². The normalized spacial score (nSPS) is 22.8. The first-order valence-corrected chi connectivity index (χ1v) is 8.81. The van der Waals surface area contributed by atoms with Crippen LogP contribution in [0.2, 0.25) is 0 Å². The zero-order valence-corrected chi connectivity index (χ0v) is 14.3. The third-order valence-corrected chi connectivity index (χ3v) is 5.13. The van der Waals surface area contributed by atoms with E-state index in [-0.39, 0.29) is 12.0 Å². The molecule has 0 radical (unpaired) electrons. The van der Waals surface area contributed by atoms with Crippen LogP contribution >= 0.6 is 0 Å². The molecule has 132 valence electrons. The van der Waals surface area contributed by atoms with Gasteiger partial charge in [-0.05, 0) is 30.5 Å². The Morgan fingerprint density at radius 2 is 1.84 bits per heavy atom. The van der Waals surface area contributed by atoms with Gasteiger partial charge in [0.15, 0.2) is 0 Å². The predicted octanol–water partition coefficient (Wildman–Crippen LogP) is 3.13. The molecule has 25 heavy (non-hydrogen) atoms. The lowest BCUT2D eigenvalue weighted by molar-refractivity contribution is -0.0556. The molecule has 1 aromatic heterocycles. The van der Waals surface area contributed by atoms with Gasteiger partial charge in [0.25, 0.3) is 0 Å². The molecular weight excluding hydrogens is 314 g/mol. The maximum absolute atomic E-state index is 11.9. The third-order valence-electron chi connectivity index (χ3n) is 5.13. The van der Waals surface area contributed by atoms with Gasteiger partial charge >= 0.3 is 6.09 Å². The number of primary amides is 1. The van der Waals surface area contributed by atoms with Crippen LogP contribution < -0.4 is 11.5 Å². The molecule has 3 rings (SSSR count). The number of hydrogen-bond acceptors (Lipinski definition) is 4. The van der Waals surface area contributed by atoms with Crippen LogP contribution in [0.25, 0.3) is 0 Å². The number of amides is 1. The van der Waals surface area contributed by atoms with Crippen molar-refractivity contribution in [3.8, 4) is 0 Å². The molecule has 0 spiro atoms. The van der Waals surface area contributed by atoms with E-state index in [2.05, 4.69) is 4.98 Å². The van der Waals surface area contributed by atoms with Crippen LogP contribution in [0.1, 0.15) is 36.9 Å². The molecule has 3 atom stereocenters. The quantitative estimate of drug-likeness (QED) is 0.875. The number of aromatic nitrogens is 1. The second-order valence-corrected chi connectivity index (χ2v) is 6.73. The lowest BCUT2D eigenvalue weighted by Gasteiger charge is -2.44. The summed E-state index contributed by atoms with van der Waals surface area (Å²) in [7, 11) is 0. The Bertz CT molecular complexity index is 693. The summed E-state index contributed by atoms with van der Waals surface area (Å²) in [4.78, 5) is 16.3. The zero-order chi connectivity index (χ0) is 17.7. The maximum Gasteiger partial charge on any atom is 0.405 e. The number of nitrogens with zero attached hydrogens (tertiary/aromatic N) is 1. The van der Waals surface area contributed by atoms with Gasteiger partial charge < -0.3 is 16.2 Å². The van der Waals surface area contributed by atoms with Gasteiger partial charge in [-0.1, -0.05) is 49.2 Å². The SMILES string of the molecule is NC(=O)OC(Cc1ccccn1)(c1ccccc1)C1CCCCC1N. The van der Waals surface area contributed by atoms with Crippen LogP contribution in [0.5, 0.6) is 0 Å². The molecule has 1 heterocycles. The van der Waals surface area contributed by atoms with Crippen LogP contribution in [0, 0.1) is 5.92 Å². The Hall–Kier alpha value is -2.40. The van der Waals surface area contributed by atoms with E-state index in [1.54, 1.807) is 6.20 Å². The van der Waals surface area contributed by atoms with Crippen molar-refractivity contribution in [1.82, 2.24) is 4.98 Å². The number of carbonyl (C=O) groups is 1. The van der Waals surface area contributed by atoms with Gasteiger partial charge in [-0.15, -0.1) is 0 Å². The fraction of sp³-hybridized carbons (Fsp3) is 0.400. The Labute approximate surface area is 148 Å². The largest absolute Gasteiger partial charge is 0.437 e. The van der Waals surface area contributed by atoms with Gasteiger partial charge in [0.2, 0.25) is 0 Å². The highest BCUT2D eigenvalue weighted by molar-refractivity contribution is 5.65. The number of hydrogen-bond donors (Lipinski definition) is 2. The van der Waals surface area contributed by atoms with E-state index in [9.17, 15) is 4.79 Å². The fourth-order valence-electron chi connectivity index (χ4n) is 4.03. The molecule has 0 saturated heterocycles. The summed E-state index contributed by atoms with van der Waals surface area (Å²) in [6, 6.07) is 15.5. The minimum absolute atomic E-state index is 0.00171. The third kappa shape index (κ3) is 3.82. The summed E-state index contributed by atoms with van der Waals surface area (Å²) in [6.07, 6.45) is 5.41. The minimum atomic E-state index is -0.902. The Morgan fingerprint density at radius 1 is 1.12 bits per heavy atom. The summed E-state index contributed by atoms with van der Waals surface area (Å²) >= 11 is 0. The van der Waals surface area contributed by atoms with Crippen molar-refractivity contribution in [1.29, 1.82) is 0 Å². The molecule has 4 N–H and O–H groups in total. The average molecular weight is 339 g/mol. The van der Waals surface area contributed by atoms with E-state index in [1.807, 2.05) is 48.5 Å². The first kappa shape index (κ1) is 17.4. The Balaban J connectivity index is 2.10. The molecule has 1 amide bonds. The van der Waals surface area contributed by atoms with Crippen molar-refractivity contribution in [3.63, 3.8) is 0 Å². The zero-order valence-electron chi connectivity index (χ0n) is 14.3. The van der Waals surface area contributed by atoms with E-state index in [1.165, 1.54) is 0 Å². The summed E-state index contributed by atoms with van der Waals surface area (Å²) in [5, 5.41) is 0. The molecule has 3 unspecified atom stereocenters. The molecule has 5 nitrogen and oxygen atoms in total. The molecular formula is C20H25N3O2. The lowest BCUT2D eigenvalue weighted by Crippen LogP contribution is -2.51. The van der Waals surface area contributed by atoms with Crippen LogP contribution in [0.3, 0.4) is 0 Å². The van der Waals surface area contributed by atoms with Crippen LogP contribution in [-0.2, 0) is 16.8 Å². The lowest BCUT2D eigenvalue weighted by atomic mass is 9.68. The average Bonchev–Trinajstić information content (AvgIpc) is 2.63. The van der Waals surface area contributed by atoms with Gasteiger partial charge in [-0.2, -0.15) is 0 Å². The number of ether oxygens (including phenoxy) is 1. The molecule has 5 heteroatoms. The summed E-state index contributed by atoms with van der Waals surface area (Å²) < 4.78 is 5.86. The van der Waals surface area contributed by atoms with Gasteiger partial charge in [0.1, 0.15) is 5.60 Å². The molecule has 1 aliphatic carbocycles. The molecule has 1 saturated carbocycles. The second-order valence-electron chi connectivity index (χ2n) is 6.73. The van der Waals surface area contributed by atoms with E-state index in [0.29, 0.717) is 6.42 Å². The minimum Gasteiger partial charge on any atom is -0.437 e. The van der Waals surface area contributed by atoms with Crippen molar-refractivity contribution < 1.29 is 9.53 Å². The van der Waals surface area contributed by atoms with Crippen LogP contribution in [-0.4, -0.2) is 17.1 Å². The van der Waals surface area contributed by atoms with Gasteiger partial charge in [0.05, 0.1) is 0 Å². The number of carbonyl (C=O) groups excluding carboxylic acids is 1. The Kier molecular flexibility index (Phi) is 5.34. The van der Waals surface area contributed by atoms with Crippen molar-refractivity contribution in [2.45, 2.75) is 43.7 Å². The van der Waals surface area contributed by atoms with Crippen LogP contribution in [0.4, 0.5) is 4.79 Å². The van der Waals surface area contributed by atoms with Crippen molar-refractivity contribution in [2.24, 2.45) is 17.4 Å². The first-order valence-electron chi connectivity index (χ1n) is 8.81. The Morgan fingerprint density at radius 3 is 2.48 bits per heavy atom. The van der Waals surface area contributed by atoms with Gasteiger partial charge in [0, 0.05) is 30.3 Å². The highest BCUT2D eigenvalue weighted by Gasteiger charge is 2.47. The van der Waals surface area contributed by atoms with E-state index in [4.69, 9.17) is 16.2 Å². The molecule has 0 bridgehead atoms. The predicted molar refractivity (Wildman–Crippen MR) is 96.7 cm³/mol. The number of pyridine rings is 1. The molecule has 2 aromatic rings. The van der Waals surface area contributed by atoms with Crippen LogP contribution in [0.15, 0.2) is 54.7 Å². The standard InChI is InChI=1S/C20H25N3O2/c21-18-12-5-4-11-17(18)20(25-19(22)24,15-8-2-1-3-9-15)14-16-10-6-7-13-23-16/h1-3,6-10,13,17-18H,4-5,11-12,14,21H2,(H2,22,24). The van der Waals surface area contributed by atoms with Gasteiger partial charge in [-0.3, -0.25) is 4.98 Å². The maximum atomic E-state index is 11.9. The summed E-state index contributed by atoms with van der Waals surface area (Å²) in [5.74, 6) is -0.00171. The van der Waals surface area contributed by atoms with Crippen molar-refractivity contribution in [2.75, 3.05) is 0 Å². The molecule has 1 aliphatic rings. The number of nitrogens with two attached hydrogens (primary N) is 2. The van der Waals surface area contributed by atoms with E-state index >= 15 is 0 Å². The van der Waals surface area contributed by atoms with E-state index < -0.39 is 11.7 Å². The van der Waals surface area contributed by atoms with E-state index in [0.717, 1.165) is 36.9 Å². The number of rotatable bonds is 5. The monoisotopic (exact) mass is 339 g/mol. The second kappa shape index (κ2) is 7.66. The molecule has 1 aromatic carbocycles. The smallest absolute Gasteiger partial charge is 0.405 e. The van der Waals surface area contributed by atoms with Crippen molar-refractivity contribution >= 4 is 6.09 Å². The van der Waals surface area contributed by atoms with Gasteiger partial charge in [-0.25, -0.2) is 4.79 Å². The topological polar surface area (TPSA) is 91.2 Å². The molecule has 1 fully saturated rings. The first-order chi connectivity index (χ1) is 12.1. The fourth-order valence-corrected chi connectivity index (χ4v) is 4.03. The summed E-state index contributed by atoms with van der Waals surface area (Å²) in [6.45, 7) is 0. The highest BCUT2D eigenvalue weighted by Crippen LogP contribution is 2.44. The highest BCUT2D eigenvalue weighted by atomic mass is 16.6.